The maximum atomic E-state index is 5.79. The average molecular weight is 298 g/mol. The summed E-state index contributed by atoms with van der Waals surface area (Å²) in [5, 5.41) is 0. The van der Waals surface area contributed by atoms with Crippen molar-refractivity contribution in [3.63, 3.8) is 0 Å². The molecule has 0 atom stereocenters. The highest BCUT2D eigenvalue weighted by Gasteiger charge is 2.13. The topological polar surface area (TPSA) is 35.2 Å². The van der Waals surface area contributed by atoms with Crippen molar-refractivity contribution >= 4 is 21.6 Å². The second-order valence-corrected chi connectivity index (χ2v) is 5.83. The van der Waals surface area contributed by atoms with Crippen LogP contribution in [0.3, 0.4) is 0 Å². The molecule has 0 saturated heterocycles. The molecule has 1 aromatic rings. The number of halogens is 1. The molecule has 1 aliphatic rings. The third-order valence-electron chi connectivity index (χ3n) is 3.33. The van der Waals surface area contributed by atoms with Crippen LogP contribution in [0.4, 0.5) is 5.69 Å². The van der Waals surface area contributed by atoms with Crippen LogP contribution in [0.5, 0.6) is 0 Å². The van der Waals surface area contributed by atoms with E-state index in [1.807, 2.05) is 12.1 Å². The molecule has 0 spiro atoms. The molecule has 2 rings (SSSR count). The van der Waals surface area contributed by atoms with E-state index in [0.717, 1.165) is 28.2 Å². The Morgan fingerprint density at radius 2 is 1.94 bits per heavy atom. The smallest absolute Gasteiger partial charge is 0.0718 e. The van der Waals surface area contributed by atoms with Gasteiger partial charge in [0.05, 0.1) is 6.61 Å². The Morgan fingerprint density at radius 3 is 2.65 bits per heavy atom. The Morgan fingerprint density at radius 1 is 1.18 bits per heavy atom. The number of anilines is 1. The van der Waals surface area contributed by atoms with Gasteiger partial charge in [-0.3, -0.25) is 0 Å². The summed E-state index contributed by atoms with van der Waals surface area (Å²) < 4.78 is 6.81. The van der Waals surface area contributed by atoms with Crippen LogP contribution in [0.2, 0.25) is 0 Å². The second-order valence-electron chi connectivity index (χ2n) is 4.91. The number of ether oxygens (including phenoxy) is 1. The Bertz CT molecular complexity index is 341. The van der Waals surface area contributed by atoms with E-state index >= 15 is 0 Å². The molecule has 2 nitrogen and oxygen atoms in total. The zero-order chi connectivity index (χ0) is 12.1. The van der Waals surface area contributed by atoms with Gasteiger partial charge >= 0.3 is 0 Å². The van der Waals surface area contributed by atoms with Crippen molar-refractivity contribution in [3.05, 3.63) is 28.2 Å². The van der Waals surface area contributed by atoms with Gasteiger partial charge in [-0.25, -0.2) is 0 Å². The summed E-state index contributed by atoms with van der Waals surface area (Å²) in [6, 6.07) is 5.95. The Labute approximate surface area is 112 Å². The van der Waals surface area contributed by atoms with Gasteiger partial charge in [0.1, 0.15) is 0 Å². The fraction of sp³-hybridized carbons (Fsp3) is 0.571. The summed E-state index contributed by atoms with van der Waals surface area (Å²) in [6.07, 6.45) is 6.82. The fourth-order valence-electron chi connectivity index (χ4n) is 2.46. The Balaban J connectivity index is 1.77. The molecule has 1 saturated carbocycles. The average Bonchev–Trinajstić information content (AvgIpc) is 2.29. The molecule has 1 aliphatic carbocycles. The number of hydrogen-bond acceptors (Lipinski definition) is 2. The van der Waals surface area contributed by atoms with Gasteiger partial charge in [0.15, 0.2) is 0 Å². The summed E-state index contributed by atoms with van der Waals surface area (Å²) in [6.45, 7) is 1.56. The molecular formula is C14H20BrNO. The minimum Gasteiger partial charge on any atom is -0.399 e. The summed E-state index contributed by atoms with van der Waals surface area (Å²) in [5.41, 5.74) is 7.72. The van der Waals surface area contributed by atoms with Crippen LogP contribution in [0.15, 0.2) is 22.7 Å². The van der Waals surface area contributed by atoms with Crippen molar-refractivity contribution in [2.24, 2.45) is 5.92 Å². The van der Waals surface area contributed by atoms with Crippen molar-refractivity contribution in [1.29, 1.82) is 0 Å². The first-order chi connectivity index (χ1) is 8.24. The maximum Gasteiger partial charge on any atom is 0.0718 e. The Kier molecular flexibility index (Phi) is 4.86. The van der Waals surface area contributed by atoms with Crippen molar-refractivity contribution in [3.8, 4) is 0 Å². The molecule has 94 valence electrons. The van der Waals surface area contributed by atoms with E-state index in [4.69, 9.17) is 10.5 Å². The standard InChI is InChI=1S/C14H20BrNO/c15-13-6-12(7-14(16)8-13)10-17-9-11-4-2-1-3-5-11/h6-8,11H,1-5,9-10,16H2. The molecule has 1 aromatic carbocycles. The molecule has 0 amide bonds. The maximum absolute atomic E-state index is 5.79. The van der Waals surface area contributed by atoms with E-state index in [0.29, 0.717) is 6.61 Å². The molecule has 1 fully saturated rings. The molecule has 0 radical (unpaired) electrons. The van der Waals surface area contributed by atoms with Gasteiger partial charge in [-0.15, -0.1) is 0 Å². The first kappa shape index (κ1) is 12.9. The lowest BCUT2D eigenvalue weighted by Gasteiger charge is -2.21. The van der Waals surface area contributed by atoms with Crippen LogP contribution >= 0.6 is 15.9 Å². The van der Waals surface area contributed by atoms with Crippen LogP contribution < -0.4 is 5.73 Å². The van der Waals surface area contributed by atoms with Gasteiger partial charge in [-0.05, 0) is 42.5 Å². The van der Waals surface area contributed by atoms with Crippen LogP contribution in [-0.4, -0.2) is 6.61 Å². The number of hydrogen-bond donors (Lipinski definition) is 1. The van der Waals surface area contributed by atoms with Gasteiger partial charge in [-0.2, -0.15) is 0 Å². The predicted octanol–water partition coefficient (Wildman–Crippen LogP) is 4.13. The van der Waals surface area contributed by atoms with Gasteiger partial charge < -0.3 is 10.5 Å². The minimum absolute atomic E-state index is 0.667. The van der Waals surface area contributed by atoms with E-state index in [2.05, 4.69) is 22.0 Å². The molecule has 0 aromatic heterocycles. The molecule has 0 aliphatic heterocycles. The quantitative estimate of drug-likeness (QED) is 0.848. The molecule has 0 unspecified atom stereocenters. The highest BCUT2D eigenvalue weighted by atomic mass is 79.9. The summed E-state index contributed by atoms with van der Waals surface area (Å²) >= 11 is 3.45. The van der Waals surface area contributed by atoms with Crippen LogP contribution in [0.25, 0.3) is 0 Å². The van der Waals surface area contributed by atoms with Gasteiger partial charge in [0, 0.05) is 16.8 Å². The lowest BCUT2D eigenvalue weighted by atomic mass is 9.90. The summed E-state index contributed by atoms with van der Waals surface area (Å²) in [4.78, 5) is 0. The SMILES string of the molecule is Nc1cc(Br)cc(COCC2CCCCC2)c1. The minimum atomic E-state index is 0.667. The van der Waals surface area contributed by atoms with Crippen molar-refractivity contribution in [2.45, 2.75) is 38.7 Å². The second kappa shape index (κ2) is 6.41. The third kappa shape index (κ3) is 4.32. The number of rotatable bonds is 4. The van der Waals surface area contributed by atoms with Crippen LogP contribution in [0, 0.1) is 5.92 Å². The first-order valence-electron chi connectivity index (χ1n) is 6.37. The fourth-order valence-corrected chi connectivity index (χ4v) is 3.01. The third-order valence-corrected chi connectivity index (χ3v) is 3.78. The van der Waals surface area contributed by atoms with Gasteiger partial charge in [0.2, 0.25) is 0 Å². The van der Waals surface area contributed by atoms with Crippen LogP contribution in [-0.2, 0) is 11.3 Å². The zero-order valence-corrected chi connectivity index (χ0v) is 11.7. The van der Waals surface area contributed by atoms with Crippen molar-refractivity contribution in [1.82, 2.24) is 0 Å². The van der Waals surface area contributed by atoms with E-state index in [9.17, 15) is 0 Å². The largest absolute Gasteiger partial charge is 0.399 e. The molecular weight excluding hydrogens is 278 g/mol. The van der Waals surface area contributed by atoms with Crippen molar-refractivity contribution in [2.75, 3.05) is 12.3 Å². The summed E-state index contributed by atoms with van der Waals surface area (Å²) in [5.74, 6) is 0.772. The first-order valence-corrected chi connectivity index (χ1v) is 7.16. The number of nitrogen functional groups attached to an aromatic ring is 1. The van der Waals surface area contributed by atoms with Gasteiger partial charge in [0.25, 0.3) is 0 Å². The lowest BCUT2D eigenvalue weighted by molar-refractivity contribution is 0.0739. The monoisotopic (exact) mass is 297 g/mol. The number of nitrogens with two attached hydrogens (primary N) is 1. The molecule has 2 N–H and O–H groups in total. The molecule has 17 heavy (non-hydrogen) atoms. The normalized spacial score (nSPS) is 17.2. The van der Waals surface area contributed by atoms with Crippen LogP contribution in [0.1, 0.15) is 37.7 Å². The summed E-state index contributed by atoms with van der Waals surface area (Å²) in [7, 11) is 0. The zero-order valence-electron chi connectivity index (χ0n) is 10.1. The van der Waals surface area contributed by atoms with Gasteiger partial charge in [-0.1, -0.05) is 35.2 Å². The highest BCUT2D eigenvalue weighted by molar-refractivity contribution is 9.10. The van der Waals surface area contributed by atoms with E-state index in [-0.39, 0.29) is 0 Å². The molecule has 0 bridgehead atoms. The molecule has 0 heterocycles. The highest BCUT2D eigenvalue weighted by Crippen LogP contribution is 2.24. The predicted molar refractivity (Wildman–Crippen MR) is 74.8 cm³/mol. The molecule has 3 heteroatoms. The number of benzene rings is 1. The van der Waals surface area contributed by atoms with E-state index < -0.39 is 0 Å². The Hall–Kier alpha value is -0.540. The van der Waals surface area contributed by atoms with Crippen molar-refractivity contribution < 1.29 is 4.74 Å². The van der Waals surface area contributed by atoms with E-state index in [1.54, 1.807) is 0 Å². The van der Waals surface area contributed by atoms with E-state index in [1.165, 1.54) is 32.1 Å². The lowest BCUT2D eigenvalue weighted by Crippen LogP contribution is -2.13.